The molecular formula is C33H54O2Si. The van der Waals surface area contributed by atoms with Gasteiger partial charge in [0.15, 0.2) is 8.32 Å². The number of rotatable bonds is 6. The normalized spacial score (nSPS) is 40.7. The molecule has 0 saturated heterocycles. The van der Waals surface area contributed by atoms with Crippen LogP contribution in [0.2, 0.25) is 18.1 Å². The molecule has 8 atom stereocenters. The number of hydrogen-bond acceptors (Lipinski definition) is 2. The van der Waals surface area contributed by atoms with Crippen LogP contribution >= 0.6 is 0 Å². The first kappa shape index (κ1) is 26.9. The third-order valence-corrected chi connectivity index (χ3v) is 16.8. The number of aliphatic hydroxyl groups excluding tert-OH is 1. The van der Waals surface area contributed by atoms with E-state index in [-0.39, 0.29) is 11.1 Å². The Labute approximate surface area is 223 Å². The summed E-state index contributed by atoms with van der Waals surface area (Å²) in [6, 6.07) is 0. The summed E-state index contributed by atoms with van der Waals surface area (Å²) < 4.78 is 6.91. The van der Waals surface area contributed by atoms with Gasteiger partial charge in [-0.15, -0.1) is 0 Å². The minimum absolute atomic E-state index is 0.214. The fourth-order valence-corrected chi connectivity index (χ4v) is 9.97. The van der Waals surface area contributed by atoms with Crippen LogP contribution in [0.1, 0.15) is 99.3 Å². The Balaban J connectivity index is 1.32. The summed E-state index contributed by atoms with van der Waals surface area (Å²) in [6.07, 6.45) is 21.3. The Morgan fingerprint density at radius 2 is 1.69 bits per heavy atom. The number of aliphatic hydroxyl groups is 1. The second-order valence-corrected chi connectivity index (χ2v) is 20.2. The summed E-state index contributed by atoms with van der Waals surface area (Å²) >= 11 is 0. The standard InChI is InChI=1S/C33H54O2Si/c1-22(9-16-30(34)23-10-11-23)27-14-15-28-26-13-12-24-21-25(35-36(7,8)31(2,3)4)17-19-32(24,5)29(26)18-20-33(27,28)6/h9,12-13,16,22-23,25,27-30,34H,10-11,14-15,17-21H2,1-8H3/t22-,25?,27+,28-,29-,30+,32-,33+/m0/s1. The number of allylic oxidation sites excluding steroid dienone is 4. The molecule has 5 aliphatic rings. The maximum atomic E-state index is 10.4. The monoisotopic (exact) mass is 510 g/mol. The second-order valence-electron chi connectivity index (χ2n) is 15.4. The van der Waals surface area contributed by atoms with Gasteiger partial charge in [0.1, 0.15) is 0 Å². The maximum Gasteiger partial charge on any atom is 0.192 e. The Hall–Kier alpha value is -0.643. The van der Waals surface area contributed by atoms with E-state index in [9.17, 15) is 5.11 Å². The molecule has 3 heteroatoms. The van der Waals surface area contributed by atoms with Crippen LogP contribution in [0.15, 0.2) is 35.5 Å². The van der Waals surface area contributed by atoms with Crippen molar-refractivity contribution in [2.45, 2.75) is 130 Å². The van der Waals surface area contributed by atoms with E-state index in [1.165, 1.54) is 51.4 Å². The molecule has 0 aromatic carbocycles. The van der Waals surface area contributed by atoms with Gasteiger partial charge in [-0.2, -0.15) is 0 Å². The van der Waals surface area contributed by atoms with Gasteiger partial charge in [0.05, 0.1) is 6.10 Å². The van der Waals surface area contributed by atoms with Gasteiger partial charge in [-0.05, 0) is 116 Å². The van der Waals surface area contributed by atoms with Crippen LogP contribution in [0, 0.1) is 40.4 Å². The quantitative estimate of drug-likeness (QED) is 0.286. The van der Waals surface area contributed by atoms with Gasteiger partial charge in [-0.3, -0.25) is 0 Å². The smallest absolute Gasteiger partial charge is 0.192 e. The fraction of sp³-hybridized carbons (Fsp3) is 0.818. The zero-order valence-corrected chi connectivity index (χ0v) is 25.6. The molecule has 0 spiro atoms. The summed E-state index contributed by atoms with van der Waals surface area (Å²) in [6.45, 7) is 19.5. The van der Waals surface area contributed by atoms with Crippen LogP contribution in [0.25, 0.3) is 0 Å². The summed E-state index contributed by atoms with van der Waals surface area (Å²) in [5, 5.41) is 10.7. The molecule has 4 saturated carbocycles. The SMILES string of the molecule is C[C@@H](C=C[C@@H](O)C1CC1)[C@H]1CC[C@H]2C3=CC=C4CC(O[Si](C)(C)C(C)(C)C)CC[C@]4(C)[C@H]3CC[C@]12C. The van der Waals surface area contributed by atoms with Crippen molar-refractivity contribution in [1.29, 1.82) is 0 Å². The number of hydrogen-bond donors (Lipinski definition) is 1. The zero-order valence-electron chi connectivity index (χ0n) is 24.6. The Bertz CT molecular complexity index is 934. The van der Waals surface area contributed by atoms with E-state index < -0.39 is 8.32 Å². The molecule has 0 aliphatic heterocycles. The van der Waals surface area contributed by atoms with Gasteiger partial charge in [0.2, 0.25) is 0 Å². The van der Waals surface area contributed by atoms with E-state index >= 15 is 0 Å². The number of fused-ring (bicyclic) bond motifs is 5. The average molecular weight is 511 g/mol. The highest BCUT2D eigenvalue weighted by Gasteiger charge is 2.57. The molecule has 0 bridgehead atoms. The van der Waals surface area contributed by atoms with Crippen LogP contribution in [-0.2, 0) is 4.43 Å². The maximum absolute atomic E-state index is 10.4. The van der Waals surface area contributed by atoms with Crippen molar-refractivity contribution < 1.29 is 9.53 Å². The molecule has 0 heterocycles. The van der Waals surface area contributed by atoms with Crippen molar-refractivity contribution in [1.82, 2.24) is 0 Å². The molecule has 0 aromatic rings. The molecule has 0 amide bonds. The molecule has 1 N–H and O–H groups in total. The fourth-order valence-electron chi connectivity index (χ4n) is 8.59. The molecule has 4 fully saturated rings. The Morgan fingerprint density at radius 1 is 0.972 bits per heavy atom. The largest absolute Gasteiger partial charge is 0.414 e. The van der Waals surface area contributed by atoms with Crippen LogP contribution < -0.4 is 0 Å². The highest BCUT2D eigenvalue weighted by atomic mass is 28.4. The van der Waals surface area contributed by atoms with E-state index in [1.807, 2.05) is 0 Å². The van der Waals surface area contributed by atoms with E-state index in [0.717, 1.165) is 24.2 Å². The predicted octanol–water partition coefficient (Wildman–Crippen LogP) is 8.84. The highest BCUT2D eigenvalue weighted by Crippen LogP contribution is 2.66. The first-order valence-electron chi connectivity index (χ1n) is 15.2. The van der Waals surface area contributed by atoms with E-state index in [4.69, 9.17) is 4.43 Å². The average Bonchev–Trinajstić information content (AvgIpc) is 3.58. The lowest BCUT2D eigenvalue weighted by Gasteiger charge is -2.55. The third-order valence-electron chi connectivity index (χ3n) is 12.2. The molecule has 36 heavy (non-hydrogen) atoms. The summed E-state index contributed by atoms with van der Waals surface area (Å²) in [4.78, 5) is 0. The topological polar surface area (TPSA) is 29.5 Å². The minimum atomic E-state index is -1.73. The van der Waals surface area contributed by atoms with Crippen molar-refractivity contribution in [3.8, 4) is 0 Å². The van der Waals surface area contributed by atoms with Crippen molar-refractivity contribution in [3.63, 3.8) is 0 Å². The van der Waals surface area contributed by atoms with Crippen molar-refractivity contribution in [2.75, 3.05) is 0 Å². The van der Waals surface area contributed by atoms with Gasteiger partial charge >= 0.3 is 0 Å². The molecule has 0 radical (unpaired) electrons. The summed E-state index contributed by atoms with van der Waals surface area (Å²) in [5.41, 5.74) is 4.20. The van der Waals surface area contributed by atoms with Crippen LogP contribution in [0.5, 0.6) is 0 Å². The van der Waals surface area contributed by atoms with Gasteiger partial charge < -0.3 is 9.53 Å². The summed E-state index contributed by atoms with van der Waals surface area (Å²) in [5.74, 6) is 3.29. The minimum Gasteiger partial charge on any atom is -0.414 e. The lowest BCUT2D eigenvalue weighted by Crippen LogP contribution is -2.49. The highest BCUT2D eigenvalue weighted by molar-refractivity contribution is 6.74. The molecule has 0 aromatic heterocycles. The first-order valence-corrected chi connectivity index (χ1v) is 18.1. The van der Waals surface area contributed by atoms with E-state index in [0.29, 0.717) is 28.8 Å². The van der Waals surface area contributed by atoms with Crippen molar-refractivity contribution in [2.24, 2.45) is 40.4 Å². The van der Waals surface area contributed by atoms with Crippen LogP contribution in [0.3, 0.4) is 0 Å². The molecule has 202 valence electrons. The molecule has 2 nitrogen and oxygen atoms in total. The van der Waals surface area contributed by atoms with Crippen LogP contribution in [-0.4, -0.2) is 25.6 Å². The molecule has 5 aliphatic carbocycles. The van der Waals surface area contributed by atoms with Gasteiger partial charge in [-0.1, -0.05) is 77.0 Å². The zero-order chi connectivity index (χ0) is 26.1. The van der Waals surface area contributed by atoms with E-state index in [2.05, 4.69) is 78.9 Å². The Kier molecular flexibility index (Phi) is 6.91. The molecule has 1 unspecified atom stereocenters. The van der Waals surface area contributed by atoms with Gasteiger partial charge in [0, 0.05) is 6.10 Å². The second kappa shape index (κ2) is 9.23. The predicted molar refractivity (Wildman–Crippen MR) is 154 cm³/mol. The first-order chi connectivity index (χ1) is 16.8. The van der Waals surface area contributed by atoms with Crippen molar-refractivity contribution in [3.05, 3.63) is 35.5 Å². The van der Waals surface area contributed by atoms with Crippen LogP contribution in [0.4, 0.5) is 0 Å². The molecular weight excluding hydrogens is 456 g/mol. The lowest BCUT2D eigenvalue weighted by molar-refractivity contribution is 0.0405. The van der Waals surface area contributed by atoms with E-state index in [1.54, 1.807) is 11.1 Å². The third kappa shape index (κ3) is 4.58. The Morgan fingerprint density at radius 3 is 2.36 bits per heavy atom. The summed E-state index contributed by atoms with van der Waals surface area (Å²) in [7, 11) is -1.73. The van der Waals surface area contributed by atoms with Gasteiger partial charge in [0.25, 0.3) is 0 Å². The lowest BCUT2D eigenvalue weighted by atomic mass is 9.50. The van der Waals surface area contributed by atoms with Crippen molar-refractivity contribution >= 4 is 8.32 Å². The molecule has 5 rings (SSSR count). The van der Waals surface area contributed by atoms with Gasteiger partial charge in [-0.25, -0.2) is 0 Å².